The smallest absolute Gasteiger partial charge is 0.269 e. The lowest BCUT2D eigenvalue weighted by molar-refractivity contribution is 0.0943. The van der Waals surface area contributed by atoms with Gasteiger partial charge in [0.25, 0.3) is 5.91 Å². The van der Waals surface area contributed by atoms with Crippen molar-refractivity contribution in [1.82, 2.24) is 10.3 Å². The van der Waals surface area contributed by atoms with Gasteiger partial charge in [0.1, 0.15) is 5.69 Å². The average molecular weight is 279 g/mol. The number of nitrogens with zero attached hydrogens (tertiary/aromatic N) is 2. The fourth-order valence-corrected chi connectivity index (χ4v) is 2.04. The van der Waals surface area contributed by atoms with Crippen molar-refractivity contribution in [2.24, 2.45) is 0 Å². The summed E-state index contributed by atoms with van der Waals surface area (Å²) in [7, 11) is 1.65. The molecule has 20 heavy (non-hydrogen) atoms. The van der Waals surface area contributed by atoms with Gasteiger partial charge in [-0.15, -0.1) is 0 Å². The van der Waals surface area contributed by atoms with Crippen LogP contribution in [0.3, 0.4) is 0 Å². The Morgan fingerprint density at radius 1 is 1.45 bits per heavy atom. The highest BCUT2D eigenvalue weighted by molar-refractivity contribution is 5.92. The summed E-state index contributed by atoms with van der Waals surface area (Å²) >= 11 is 0. The van der Waals surface area contributed by atoms with Crippen LogP contribution < -0.4 is 10.2 Å². The molecule has 1 N–H and O–H groups in total. The molecule has 6 nitrogen and oxygen atoms in total. The standard InChI is InChI=1S/C14H21N3O3/c1-19-8-2-5-15-14(18)13-4-3-12(11-16-13)17-6-9-20-10-7-17/h3-4,11H,2,5-10H2,1H3,(H,15,18). The van der Waals surface area contributed by atoms with Gasteiger partial charge in [-0.05, 0) is 18.6 Å². The quantitative estimate of drug-likeness (QED) is 0.776. The summed E-state index contributed by atoms with van der Waals surface area (Å²) in [5, 5.41) is 2.82. The van der Waals surface area contributed by atoms with Gasteiger partial charge in [-0.2, -0.15) is 0 Å². The van der Waals surface area contributed by atoms with Crippen LogP contribution in [0.5, 0.6) is 0 Å². The first-order valence-electron chi connectivity index (χ1n) is 6.87. The molecule has 6 heteroatoms. The van der Waals surface area contributed by atoms with Crippen molar-refractivity contribution in [3.8, 4) is 0 Å². The second kappa shape index (κ2) is 7.81. The van der Waals surface area contributed by atoms with Crippen molar-refractivity contribution in [1.29, 1.82) is 0 Å². The van der Waals surface area contributed by atoms with E-state index in [0.717, 1.165) is 38.4 Å². The molecule has 1 saturated heterocycles. The number of pyridine rings is 1. The number of carbonyl (C=O) groups excluding carboxylic acids is 1. The maximum Gasteiger partial charge on any atom is 0.269 e. The highest BCUT2D eigenvalue weighted by atomic mass is 16.5. The molecule has 0 atom stereocenters. The van der Waals surface area contributed by atoms with Crippen LogP contribution in [0.4, 0.5) is 5.69 Å². The van der Waals surface area contributed by atoms with Crippen molar-refractivity contribution < 1.29 is 14.3 Å². The summed E-state index contributed by atoms with van der Waals surface area (Å²) in [5.41, 5.74) is 1.48. The van der Waals surface area contributed by atoms with E-state index in [1.54, 1.807) is 19.4 Å². The van der Waals surface area contributed by atoms with Gasteiger partial charge in [0.05, 0.1) is 25.1 Å². The summed E-state index contributed by atoms with van der Waals surface area (Å²) in [6, 6.07) is 3.69. The lowest BCUT2D eigenvalue weighted by atomic mass is 10.3. The van der Waals surface area contributed by atoms with Crippen molar-refractivity contribution in [3.05, 3.63) is 24.0 Å². The summed E-state index contributed by atoms with van der Waals surface area (Å²) in [5.74, 6) is -0.144. The molecule has 0 spiro atoms. The molecule has 1 amide bonds. The molecule has 2 rings (SSSR count). The zero-order chi connectivity index (χ0) is 14.2. The molecular weight excluding hydrogens is 258 g/mol. The van der Waals surface area contributed by atoms with E-state index < -0.39 is 0 Å². The zero-order valence-corrected chi connectivity index (χ0v) is 11.8. The fourth-order valence-electron chi connectivity index (χ4n) is 2.04. The second-order valence-corrected chi connectivity index (χ2v) is 4.60. The Hall–Kier alpha value is -1.66. The first-order valence-corrected chi connectivity index (χ1v) is 6.87. The Morgan fingerprint density at radius 3 is 2.90 bits per heavy atom. The number of anilines is 1. The largest absolute Gasteiger partial charge is 0.385 e. The summed E-state index contributed by atoms with van der Waals surface area (Å²) in [6.45, 7) is 4.45. The van der Waals surface area contributed by atoms with Gasteiger partial charge in [0.15, 0.2) is 0 Å². The molecule has 2 heterocycles. The minimum Gasteiger partial charge on any atom is -0.385 e. The Morgan fingerprint density at radius 2 is 2.25 bits per heavy atom. The maximum atomic E-state index is 11.8. The number of amides is 1. The SMILES string of the molecule is COCCCNC(=O)c1ccc(N2CCOCC2)cn1. The van der Waals surface area contributed by atoms with Crippen molar-refractivity contribution in [2.75, 3.05) is 51.5 Å². The van der Waals surface area contributed by atoms with E-state index in [0.29, 0.717) is 18.8 Å². The number of hydrogen-bond donors (Lipinski definition) is 1. The molecule has 0 aromatic carbocycles. The lowest BCUT2D eigenvalue weighted by Crippen LogP contribution is -2.36. The summed E-state index contributed by atoms with van der Waals surface area (Å²) in [4.78, 5) is 18.3. The minimum atomic E-state index is -0.144. The molecule has 1 aromatic rings. The average Bonchev–Trinajstić information content (AvgIpc) is 2.52. The zero-order valence-electron chi connectivity index (χ0n) is 11.8. The number of hydrogen-bond acceptors (Lipinski definition) is 5. The van der Waals surface area contributed by atoms with Crippen LogP contribution in [-0.2, 0) is 9.47 Å². The Balaban J connectivity index is 1.85. The van der Waals surface area contributed by atoms with Crippen LogP contribution in [0.15, 0.2) is 18.3 Å². The molecule has 1 aliphatic heterocycles. The van der Waals surface area contributed by atoms with Crippen molar-refractivity contribution in [2.45, 2.75) is 6.42 Å². The number of ether oxygens (including phenoxy) is 2. The highest BCUT2D eigenvalue weighted by Gasteiger charge is 2.12. The van der Waals surface area contributed by atoms with Gasteiger partial charge in [-0.25, -0.2) is 4.98 Å². The van der Waals surface area contributed by atoms with Crippen LogP contribution in [0.25, 0.3) is 0 Å². The molecule has 1 aromatic heterocycles. The molecule has 0 saturated carbocycles. The Kier molecular flexibility index (Phi) is 5.76. The van der Waals surface area contributed by atoms with Crippen LogP contribution >= 0.6 is 0 Å². The number of rotatable bonds is 6. The molecule has 0 bridgehead atoms. The van der Waals surface area contributed by atoms with Gasteiger partial charge in [-0.3, -0.25) is 4.79 Å². The van der Waals surface area contributed by atoms with Gasteiger partial charge in [0.2, 0.25) is 0 Å². The monoisotopic (exact) mass is 279 g/mol. The second-order valence-electron chi connectivity index (χ2n) is 4.60. The lowest BCUT2D eigenvalue weighted by Gasteiger charge is -2.28. The van der Waals surface area contributed by atoms with Gasteiger partial charge in [0, 0.05) is 33.4 Å². The van der Waals surface area contributed by atoms with E-state index in [1.807, 2.05) is 6.07 Å². The van der Waals surface area contributed by atoms with Crippen LogP contribution in [0.2, 0.25) is 0 Å². The fraction of sp³-hybridized carbons (Fsp3) is 0.571. The summed E-state index contributed by atoms with van der Waals surface area (Å²) in [6.07, 6.45) is 2.55. The van der Waals surface area contributed by atoms with E-state index in [9.17, 15) is 4.79 Å². The normalized spacial score (nSPS) is 15.2. The summed E-state index contributed by atoms with van der Waals surface area (Å²) < 4.78 is 10.2. The molecule has 0 aliphatic carbocycles. The van der Waals surface area contributed by atoms with Crippen molar-refractivity contribution >= 4 is 11.6 Å². The molecule has 0 unspecified atom stereocenters. The predicted octanol–water partition coefficient (Wildman–Crippen LogP) is 0.684. The molecule has 110 valence electrons. The third-order valence-corrected chi connectivity index (χ3v) is 3.17. The number of carbonyl (C=O) groups is 1. The van der Waals surface area contributed by atoms with Crippen molar-refractivity contribution in [3.63, 3.8) is 0 Å². The van der Waals surface area contributed by atoms with E-state index in [2.05, 4.69) is 15.2 Å². The van der Waals surface area contributed by atoms with Crippen LogP contribution in [0, 0.1) is 0 Å². The van der Waals surface area contributed by atoms with E-state index in [1.165, 1.54) is 0 Å². The van der Waals surface area contributed by atoms with Gasteiger partial charge >= 0.3 is 0 Å². The maximum absolute atomic E-state index is 11.8. The van der Waals surface area contributed by atoms with Gasteiger partial charge in [-0.1, -0.05) is 0 Å². The number of nitrogens with one attached hydrogen (secondary N) is 1. The van der Waals surface area contributed by atoms with E-state index >= 15 is 0 Å². The third kappa shape index (κ3) is 4.18. The number of methoxy groups -OCH3 is 1. The highest BCUT2D eigenvalue weighted by Crippen LogP contribution is 2.14. The van der Waals surface area contributed by atoms with Crippen LogP contribution in [-0.4, -0.2) is 57.5 Å². The van der Waals surface area contributed by atoms with E-state index in [4.69, 9.17) is 9.47 Å². The van der Waals surface area contributed by atoms with Gasteiger partial charge < -0.3 is 19.7 Å². The molecular formula is C14H21N3O3. The molecule has 1 fully saturated rings. The topological polar surface area (TPSA) is 63.7 Å². The Bertz CT molecular complexity index is 416. The van der Waals surface area contributed by atoms with E-state index in [-0.39, 0.29) is 5.91 Å². The molecule has 1 aliphatic rings. The number of morpholine rings is 1. The molecule has 0 radical (unpaired) electrons. The third-order valence-electron chi connectivity index (χ3n) is 3.17. The van der Waals surface area contributed by atoms with Crippen LogP contribution in [0.1, 0.15) is 16.9 Å². The minimum absolute atomic E-state index is 0.144. The first kappa shape index (κ1) is 14.7. The number of aromatic nitrogens is 1. The first-order chi connectivity index (χ1) is 9.81. The predicted molar refractivity (Wildman–Crippen MR) is 76.1 cm³/mol. The Labute approximate surface area is 119 Å².